The van der Waals surface area contributed by atoms with Crippen LogP contribution in [0.2, 0.25) is 0 Å². The number of halogens is 1. The van der Waals surface area contributed by atoms with Gasteiger partial charge in [-0.3, -0.25) is 0 Å². The van der Waals surface area contributed by atoms with E-state index in [0.717, 1.165) is 11.2 Å². The van der Waals surface area contributed by atoms with E-state index < -0.39 is 0 Å². The summed E-state index contributed by atoms with van der Waals surface area (Å²) in [7, 11) is 1.55. The van der Waals surface area contributed by atoms with Crippen LogP contribution in [0, 0.1) is 5.82 Å². The number of thiophene rings is 1. The maximum atomic E-state index is 13.6. The quantitative estimate of drug-likeness (QED) is 0.622. The lowest BCUT2D eigenvalue weighted by Crippen LogP contribution is -2.00. The lowest BCUT2D eigenvalue weighted by atomic mass is 10.2. The van der Waals surface area contributed by atoms with E-state index in [4.69, 9.17) is 4.74 Å². The fraction of sp³-hybridized carbons (Fsp3) is 0.125. The van der Waals surface area contributed by atoms with E-state index in [1.165, 1.54) is 17.0 Å². The molecule has 0 saturated heterocycles. The highest BCUT2D eigenvalue weighted by Gasteiger charge is 2.15. The molecular weight excluding hydrogens is 315 g/mol. The molecule has 0 fully saturated rings. The molecule has 0 aliphatic heterocycles. The van der Waals surface area contributed by atoms with Crippen molar-refractivity contribution in [1.82, 2.24) is 19.7 Å². The van der Waals surface area contributed by atoms with E-state index >= 15 is 0 Å². The van der Waals surface area contributed by atoms with Crippen molar-refractivity contribution >= 4 is 22.5 Å². The van der Waals surface area contributed by atoms with Gasteiger partial charge in [0.2, 0.25) is 0 Å². The minimum absolute atomic E-state index is 0.332. The van der Waals surface area contributed by atoms with Crippen LogP contribution >= 0.6 is 11.3 Å². The molecule has 0 aliphatic carbocycles. The second kappa shape index (κ2) is 5.51. The van der Waals surface area contributed by atoms with Crippen molar-refractivity contribution in [2.75, 3.05) is 7.11 Å². The average Bonchev–Trinajstić information content (AvgIpc) is 3.26. The number of nitrogens with one attached hydrogen (secondary N) is 1. The Kier molecular flexibility index (Phi) is 3.34. The Balaban J connectivity index is 1.78. The molecule has 5 nitrogen and oxygen atoms in total. The number of methoxy groups -OCH3 is 1. The minimum Gasteiger partial charge on any atom is -0.496 e. The number of aromatic amines is 1. The molecule has 23 heavy (non-hydrogen) atoms. The van der Waals surface area contributed by atoms with Gasteiger partial charge in [-0.25, -0.2) is 14.1 Å². The SMILES string of the molecule is COc1ccc(F)cc1-c1nc2c(cnn2Cc2cccs2)[nH]1. The first-order valence-electron chi connectivity index (χ1n) is 7.02. The maximum absolute atomic E-state index is 13.6. The Labute approximate surface area is 135 Å². The summed E-state index contributed by atoms with van der Waals surface area (Å²) >= 11 is 1.67. The van der Waals surface area contributed by atoms with E-state index in [2.05, 4.69) is 21.1 Å². The van der Waals surface area contributed by atoms with Gasteiger partial charge in [-0.05, 0) is 29.6 Å². The van der Waals surface area contributed by atoms with Gasteiger partial charge in [0.05, 0.1) is 25.4 Å². The van der Waals surface area contributed by atoms with Gasteiger partial charge in [-0.1, -0.05) is 6.07 Å². The first-order valence-corrected chi connectivity index (χ1v) is 7.90. The number of aromatic nitrogens is 4. The van der Waals surface area contributed by atoms with Crippen LogP contribution in [-0.4, -0.2) is 26.9 Å². The second-order valence-corrected chi connectivity index (χ2v) is 6.08. The molecule has 7 heteroatoms. The van der Waals surface area contributed by atoms with Crippen LogP contribution < -0.4 is 4.74 Å². The van der Waals surface area contributed by atoms with Crippen LogP contribution in [0.4, 0.5) is 4.39 Å². The number of hydrogen-bond acceptors (Lipinski definition) is 4. The Hall–Kier alpha value is -2.67. The van der Waals surface area contributed by atoms with Gasteiger partial charge in [0.1, 0.15) is 22.9 Å². The van der Waals surface area contributed by atoms with Crippen LogP contribution in [0.5, 0.6) is 5.75 Å². The summed E-state index contributed by atoms with van der Waals surface area (Å²) in [6.07, 6.45) is 1.73. The number of hydrogen-bond donors (Lipinski definition) is 1. The summed E-state index contributed by atoms with van der Waals surface area (Å²) in [5, 5.41) is 6.38. The smallest absolute Gasteiger partial charge is 0.177 e. The van der Waals surface area contributed by atoms with Crippen LogP contribution in [0.3, 0.4) is 0 Å². The van der Waals surface area contributed by atoms with Crippen LogP contribution in [0.15, 0.2) is 41.9 Å². The summed E-state index contributed by atoms with van der Waals surface area (Å²) in [5.74, 6) is 0.802. The normalized spacial score (nSPS) is 11.2. The number of imidazole rings is 1. The number of benzene rings is 1. The third-order valence-electron chi connectivity index (χ3n) is 3.58. The highest BCUT2D eigenvalue weighted by Crippen LogP contribution is 2.30. The molecule has 3 aromatic heterocycles. The summed E-state index contributed by atoms with van der Waals surface area (Å²) in [6.45, 7) is 0.658. The van der Waals surface area contributed by atoms with E-state index in [1.54, 1.807) is 30.7 Å². The van der Waals surface area contributed by atoms with E-state index in [9.17, 15) is 4.39 Å². The number of rotatable bonds is 4. The Morgan fingerprint density at radius 2 is 2.26 bits per heavy atom. The second-order valence-electron chi connectivity index (χ2n) is 5.05. The number of fused-ring (bicyclic) bond motifs is 1. The Morgan fingerprint density at radius 3 is 3.04 bits per heavy atom. The summed E-state index contributed by atoms with van der Waals surface area (Å²) in [4.78, 5) is 8.95. The number of ether oxygens (including phenoxy) is 1. The molecule has 1 N–H and O–H groups in total. The molecule has 0 unspecified atom stereocenters. The zero-order valence-electron chi connectivity index (χ0n) is 12.3. The van der Waals surface area contributed by atoms with Gasteiger partial charge in [-0.2, -0.15) is 5.10 Å². The molecule has 0 atom stereocenters. The molecule has 4 rings (SSSR count). The van der Waals surface area contributed by atoms with E-state index in [1.807, 2.05) is 16.1 Å². The van der Waals surface area contributed by atoms with Crippen molar-refractivity contribution in [3.63, 3.8) is 0 Å². The molecule has 0 amide bonds. The predicted molar refractivity (Wildman–Crippen MR) is 87.2 cm³/mol. The van der Waals surface area contributed by atoms with Gasteiger partial charge < -0.3 is 9.72 Å². The zero-order chi connectivity index (χ0) is 15.8. The molecule has 116 valence electrons. The predicted octanol–water partition coefficient (Wildman–Crippen LogP) is 3.68. The Morgan fingerprint density at radius 1 is 1.35 bits per heavy atom. The van der Waals surface area contributed by atoms with E-state index in [0.29, 0.717) is 23.7 Å². The fourth-order valence-electron chi connectivity index (χ4n) is 2.51. The van der Waals surface area contributed by atoms with Crippen LogP contribution in [0.1, 0.15) is 4.88 Å². The first kappa shape index (κ1) is 14.0. The number of H-pyrrole nitrogens is 1. The molecule has 0 spiro atoms. The molecule has 0 radical (unpaired) electrons. The molecule has 3 heterocycles. The summed E-state index contributed by atoms with van der Waals surface area (Å²) < 4.78 is 20.7. The average molecular weight is 328 g/mol. The van der Waals surface area contributed by atoms with Crippen molar-refractivity contribution in [2.24, 2.45) is 0 Å². The highest BCUT2D eigenvalue weighted by molar-refractivity contribution is 7.09. The summed E-state index contributed by atoms with van der Waals surface area (Å²) in [6, 6.07) is 8.43. The van der Waals surface area contributed by atoms with Gasteiger partial charge in [0, 0.05) is 4.88 Å². The monoisotopic (exact) mass is 328 g/mol. The van der Waals surface area contributed by atoms with Gasteiger partial charge in [0.15, 0.2) is 5.65 Å². The topological polar surface area (TPSA) is 55.7 Å². The van der Waals surface area contributed by atoms with Gasteiger partial charge in [0.25, 0.3) is 0 Å². The van der Waals surface area contributed by atoms with Crippen molar-refractivity contribution in [3.05, 3.63) is 52.6 Å². The summed E-state index contributed by atoms with van der Waals surface area (Å²) in [5.41, 5.74) is 2.13. The van der Waals surface area contributed by atoms with Crippen molar-refractivity contribution in [2.45, 2.75) is 6.54 Å². The van der Waals surface area contributed by atoms with Crippen molar-refractivity contribution in [3.8, 4) is 17.1 Å². The van der Waals surface area contributed by atoms with Gasteiger partial charge in [-0.15, -0.1) is 11.3 Å². The molecule has 0 saturated carbocycles. The molecule has 0 aliphatic rings. The zero-order valence-corrected chi connectivity index (χ0v) is 13.1. The van der Waals surface area contributed by atoms with Crippen LogP contribution in [0.25, 0.3) is 22.6 Å². The van der Waals surface area contributed by atoms with Gasteiger partial charge >= 0.3 is 0 Å². The molecule has 0 bridgehead atoms. The lowest BCUT2D eigenvalue weighted by molar-refractivity contribution is 0.415. The third-order valence-corrected chi connectivity index (χ3v) is 4.45. The largest absolute Gasteiger partial charge is 0.496 e. The molecule has 1 aromatic carbocycles. The standard InChI is InChI=1S/C16H13FN4OS/c1-22-14-5-4-10(17)7-12(14)15-19-13-8-18-21(16(13)20-15)9-11-3-2-6-23-11/h2-8H,9H2,1H3,(H,19,20). The van der Waals surface area contributed by atoms with Crippen LogP contribution in [-0.2, 0) is 6.54 Å². The molecule has 4 aromatic rings. The number of nitrogens with zero attached hydrogens (tertiary/aromatic N) is 3. The van der Waals surface area contributed by atoms with Crippen molar-refractivity contribution < 1.29 is 9.13 Å². The van der Waals surface area contributed by atoms with Crippen molar-refractivity contribution in [1.29, 1.82) is 0 Å². The lowest BCUT2D eigenvalue weighted by Gasteiger charge is -2.05. The fourth-order valence-corrected chi connectivity index (χ4v) is 3.19. The minimum atomic E-state index is -0.332. The maximum Gasteiger partial charge on any atom is 0.177 e. The van der Waals surface area contributed by atoms with E-state index in [-0.39, 0.29) is 5.82 Å². The highest BCUT2D eigenvalue weighted by atomic mass is 32.1. The third kappa shape index (κ3) is 2.49. The Bertz CT molecular complexity index is 958. The first-order chi connectivity index (χ1) is 11.2. The molecular formula is C16H13FN4OS.